The van der Waals surface area contributed by atoms with E-state index in [1.807, 2.05) is 4.68 Å². The second kappa shape index (κ2) is 7.98. The maximum absolute atomic E-state index is 6.37. The van der Waals surface area contributed by atoms with Crippen molar-refractivity contribution in [2.75, 3.05) is 33.5 Å². The molecule has 1 N–H and O–H groups in total. The van der Waals surface area contributed by atoms with Gasteiger partial charge in [-0.1, -0.05) is 18.5 Å². The largest absolute Gasteiger partial charge is 0.383 e. The summed E-state index contributed by atoms with van der Waals surface area (Å²) in [7, 11) is 1.70. The molecule has 2 atom stereocenters. The second-order valence-corrected chi connectivity index (χ2v) is 5.51. The highest BCUT2D eigenvalue weighted by atomic mass is 35.5. The molecule has 0 saturated carbocycles. The number of hydrogen-bond acceptors (Lipinski definition) is 4. The number of nitrogens with zero attached hydrogens (tertiary/aromatic N) is 2. The first kappa shape index (κ1) is 15.8. The molecule has 1 fully saturated rings. The van der Waals surface area contributed by atoms with Gasteiger partial charge >= 0.3 is 0 Å². The van der Waals surface area contributed by atoms with Crippen molar-refractivity contribution in [2.24, 2.45) is 5.92 Å². The number of hydrogen-bond donors (Lipinski definition) is 1. The van der Waals surface area contributed by atoms with Crippen LogP contribution in [0.15, 0.2) is 6.20 Å². The molecule has 114 valence electrons. The third-order valence-electron chi connectivity index (χ3n) is 3.73. The molecule has 0 aliphatic carbocycles. The van der Waals surface area contributed by atoms with Crippen molar-refractivity contribution in [2.45, 2.75) is 32.4 Å². The van der Waals surface area contributed by atoms with E-state index in [0.29, 0.717) is 19.1 Å². The monoisotopic (exact) mass is 301 g/mol. The number of aromatic nitrogens is 2. The Morgan fingerprint density at radius 1 is 1.65 bits per heavy atom. The SMILES string of the molecule is CCNC(c1c(Cl)cnn1CCOC)C1CCCOC1. The van der Waals surface area contributed by atoms with Gasteiger partial charge in [0.2, 0.25) is 0 Å². The topological polar surface area (TPSA) is 48.3 Å². The van der Waals surface area contributed by atoms with Crippen LogP contribution < -0.4 is 5.32 Å². The van der Waals surface area contributed by atoms with Gasteiger partial charge in [0.25, 0.3) is 0 Å². The summed E-state index contributed by atoms with van der Waals surface area (Å²) in [5.74, 6) is 0.444. The summed E-state index contributed by atoms with van der Waals surface area (Å²) < 4.78 is 12.7. The van der Waals surface area contributed by atoms with Crippen LogP contribution >= 0.6 is 11.6 Å². The maximum atomic E-state index is 6.37. The fourth-order valence-corrected chi connectivity index (χ4v) is 3.03. The molecule has 2 rings (SSSR count). The van der Waals surface area contributed by atoms with Crippen molar-refractivity contribution in [1.29, 1.82) is 0 Å². The molecular weight excluding hydrogens is 278 g/mol. The molecule has 1 aromatic rings. The average molecular weight is 302 g/mol. The van der Waals surface area contributed by atoms with E-state index in [1.54, 1.807) is 13.3 Å². The Morgan fingerprint density at radius 2 is 2.50 bits per heavy atom. The van der Waals surface area contributed by atoms with Crippen LogP contribution in [0.4, 0.5) is 0 Å². The lowest BCUT2D eigenvalue weighted by molar-refractivity contribution is 0.0377. The van der Waals surface area contributed by atoms with Crippen LogP contribution in [0.25, 0.3) is 0 Å². The molecule has 2 heterocycles. The van der Waals surface area contributed by atoms with Crippen LogP contribution in [0.1, 0.15) is 31.5 Å². The molecule has 1 aliphatic heterocycles. The molecule has 0 spiro atoms. The highest BCUT2D eigenvalue weighted by Crippen LogP contribution is 2.32. The van der Waals surface area contributed by atoms with Gasteiger partial charge in [0, 0.05) is 19.6 Å². The van der Waals surface area contributed by atoms with Crippen molar-refractivity contribution in [3.8, 4) is 0 Å². The first-order valence-electron chi connectivity index (χ1n) is 7.29. The molecule has 1 aliphatic rings. The lowest BCUT2D eigenvalue weighted by atomic mass is 9.91. The van der Waals surface area contributed by atoms with Gasteiger partial charge in [0.15, 0.2) is 0 Å². The van der Waals surface area contributed by atoms with E-state index in [2.05, 4.69) is 17.3 Å². The van der Waals surface area contributed by atoms with Gasteiger partial charge < -0.3 is 14.8 Å². The van der Waals surface area contributed by atoms with Gasteiger partial charge in [-0.05, 0) is 19.4 Å². The third-order valence-corrected chi connectivity index (χ3v) is 4.02. The van der Waals surface area contributed by atoms with E-state index in [9.17, 15) is 0 Å². The van der Waals surface area contributed by atoms with Gasteiger partial charge in [-0.25, -0.2) is 0 Å². The van der Waals surface area contributed by atoms with E-state index in [0.717, 1.165) is 43.3 Å². The van der Waals surface area contributed by atoms with Gasteiger partial charge in [-0.15, -0.1) is 0 Å². The van der Waals surface area contributed by atoms with Crippen LogP contribution in [0, 0.1) is 5.92 Å². The minimum atomic E-state index is 0.187. The van der Waals surface area contributed by atoms with E-state index in [4.69, 9.17) is 21.1 Å². The number of ether oxygens (including phenoxy) is 2. The molecule has 0 radical (unpaired) electrons. The molecule has 1 aromatic heterocycles. The molecule has 0 aromatic carbocycles. The van der Waals surface area contributed by atoms with E-state index >= 15 is 0 Å². The quantitative estimate of drug-likeness (QED) is 0.839. The Balaban J connectivity index is 2.20. The number of rotatable bonds is 7. The van der Waals surface area contributed by atoms with Crippen LogP contribution in [0.3, 0.4) is 0 Å². The zero-order valence-corrected chi connectivity index (χ0v) is 13.0. The number of nitrogens with one attached hydrogen (secondary N) is 1. The summed E-state index contributed by atoms with van der Waals surface area (Å²) in [6.45, 7) is 6.00. The minimum Gasteiger partial charge on any atom is -0.383 e. The number of methoxy groups -OCH3 is 1. The molecule has 0 amide bonds. The maximum Gasteiger partial charge on any atom is 0.0834 e. The smallest absolute Gasteiger partial charge is 0.0834 e. The average Bonchev–Trinajstić information content (AvgIpc) is 2.84. The van der Waals surface area contributed by atoms with Crippen LogP contribution in [-0.4, -0.2) is 43.3 Å². The number of halogens is 1. The second-order valence-electron chi connectivity index (χ2n) is 5.11. The lowest BCUT2D eigenvalue weighted by Gasteiger charge is -2.31. The van der Waals surface area contributed by atoms with E-state index in [-0.39, 0.29) is 6.04 Å². The van der Waals surface area contributed by atoms with Crippen LogP contribution in [-0.2, 0) is 16.0 Å². The Hall–Kier alpha value is -0.620. The highest BCUT2D eigenvalue weighted by Gasteiger charge is 2.29. The fraction of sp³-hybridized carbons (Fsp3) is 0.786. The summed E-state index contributed by atoms with van der Waals surface area (Å²) in [6, 6.07) is 0.187. The summed E-state index contributed by atoms with van der Waals surface area (Å²) in [6.07, 6.45) is 3.99. The molecular formula is C14H24ClN3O2. The summed E-state index contributed by atoms with van der Waals surface area (Å²) in [5, 5.41) is 8.64. The van der Waals surface area contributed by atoms with Crippen LogP contribution in [0.5, 0.6) is 0 Å². The zero-order chi connectivity index (χ0) is 14.4. The first-order chi connectivity index (χ1) is 9.77. The fourth-order valence-electron chi connectivity index (χ4n) is 2.77. The lowest BCUT2D eigenvalue weighted by Crippen LogP contribution is -2.35. The van der Waals surface area contributed by atoms with Crippen molar-refractivity contribution >= 4 is 11.6 Å². The van der Waals surface area contributed by atoms with Crippen LogP contribution in [0.2, 0.25) is 5.02 Å². The summed E-state index contributed by atoms with van der Waals surface area (Å²) in [5.41, 5.74) is 1.06. The Morgan fingerprint density at radius 3 is 3.15 bits per heavy atom. The molecule has 20 heavy (non-hydrogen) atoms. The van der Waals surface area contributed by atoms with Crippen molar-refractivity contribution in [3.63, 3.8) is 0 Å². The van der Waals surface area contributed by atoms with Gasteiger partial charge in [0.05, 0.1) is 42.7 Å². The zero-order valence-electron chi connectivity index (χ0n) is 12.3. The predicted octanol–water partition coefficient (Wildman–Crippen LogP) is 2.26. The van der Waals surface area contributed by atoms with Crippen molar-refractivity contribution in [1.82, 2.24) is 15.1 Å². The molecule has 5 nitrogen and oxygen atoms in total. The molecule has 2 unspecified atom stereocenters. The van der Waals surface area contributed by atoms with Crippen molar-refractivity contribution < 1.29 is 9.47 Å². The third kappa shape index (κ3) is 3.73. The van der Waals surface area contributed by atoms with E-state index in [1.165, 1.54) is 0 Å². The van der Waals surface area contributed by atoms with Gasteiger partial charge in [-0.2, -0.15) is 5.10 Å². The standard InChI is InChI=1S/C14H24ClN3O2/c1-3-16-13(11-5-4-7-20-10-11)14-12(15)9-17-18(14)6-8-19-2/h9,11,13,16H,3-8,10H2,1-2H3. The normalized spacial score (nSPS) is 21.1. The molecule has 6 heteroatoms. The Kier molecular flexibility index (Phi) is 6.29. The minimum absolute atomic E-state index is 0.187. The highest BCUT2D eigenvalue weighted by molar-refractivity contribution is 6.31. The first-order valence-corrected chi connectivity index (χ1v) is 7.67. The van der Waals surface area contributed by atoms with Gasteiger partial charge in [0.1, 0.15) is 0 Å². The van der Waals surface area contributed by atoms with E-state index < -0.39 is 0 Å². The predicted molar refractivity (Wildman–Crippen MR) is 79.1 cm³/mol. The van der Waals surface area contributed by atoms with Gasteiger partial charge in [-0.3, -0.25) is 4.68 Å². The van der Waals surface area contributed by atoms with Crippen molar-refractivity contribution in [3.05, 3.63) is 16.9 Å². The summed E-state index contributed by atoms with van der Waals surface area (Å²) in [4.78, 5) is 0. The molecule has 1 saturated heterocycles. The Bertz CT molecular complexity index is 405. The Labute approximate surface area is 125 Å². The molecule has 0 bridgehead atoms. The summed E-state index contributed by atoms with van der Waals surface area (Å²) >= 11 is 6.37.